The molecule has 0 fully saturated rings. The molecular formula is C35H44N2O6SSi. The number of hydrogen-bond donors (Lipinski definition) is 1. The van der Waals surface area contributed by atoms with Crippen LogP contribution < -0.4 is 14.8 Å². The zero-order valence-corrected chi connectivity index (χ0v) is 28.9. The van der Waals surface area contributed by atoms with Gasteiger partial charge < -0.3 is 23.5 Å². The maximum atomic E-state index is 14.4. The number of benzene rings is 2. The molecule has 2 amide bonds. The molecule has 3 aromatic rings. The van der Waals surface area contributed by atoms with Crippen LogP contribution in [0.25, 0.3) is 5.57 Å². The fraction of sp³-hybridized carbons (Fsp3) is 0.371. The van der Waals surface area contributed by atoms with Crippen LogP contribution in [0.2, 0.25) is 18.1 Å². The van der Waals surface area contributed by atoms with Gasteiger partial charge in [-0.3, -0.25) is 10.1 Å². The van der Waals surface area contributed by atoms with Crippen LogP contribution in [0, 0.1) is 0 Å². The molecule has 1 atom stereocenters. The molecule has 45 heavy (non-hydrogen) atoms. The summed E-state index contributed by atoms with van der Waals surface area (Å²) in [4.78, 5) is 29.0. The van der Waals surface area contributed by atoms with Gasteiger partial charge in [-0.15, -0.1) is 0 Å². The van der Waals surface area contributed by atoms with E-state index in [1.54, 1.807) is 23.5 Å². The molecule has 1 aromatic heterocycles. The molecule has 0 spiro atoms. The van der Waals surface area contributed by atoms with Gasteiger partial charge in [0, 0.05) is 12.6 Å². The molecule has 1 aliphatic rings. The quantitative estimate of drug-likeness (QED) is 0.157. The Balaban J connectivity index is 1.70. The fourth-order valence-electron chi connectivity index (χ4n) is 4.69. The Kier molecular flexibility index (Phi) is 11.3. The van der Waals surface area contributed by atoms with Gasteiger partial charge in [-0.25, -0.2) is 4.79 Å². The number of thiophene rings is 1. The SMILES string of the molecule is C=CCOC(=O)Nc1cc(OCc2ccccc2)c(OC)cc1C(=O)N1CC=C(c2ccsc2)C[C@H]1CO[Si](C)(C)C(C)(C)C. The monoisotopic (exact) mass is 648 g/mol. The van der Waals surface area contributed by atoms with E-state index in [1.807, 2.05) is 35.2 Å². The van der Waals surface area contributed by atoms with Crippen LogP contribution in [0.4, 0.5) is 10.5 Å². The van der Waals surface area contributed by atoms with Crippen molar-refractivity contribution in [2.45, 2.75) is 58.0 Å². The molecule has 1 N–H and O–H groups in total. The van der Waals surface area contributed by atoms with E-state index in [4.69, 9.17) is 18.6 Å². The van der Waals surface area contributed by atoms with E-state index in [9.17, 15) is 9.59 Å². The summed E-state index contributed by atoms with van der Waals surface area (Å²) >= 11 is 1.65. The number of methoxy groups -OCH3 is 1. The van der Waals surface area contributed by atoms with E-state index >= 15 is 0 Å². The summed E-state index contributed by atoms with van der Waals surface area (Å²) < 4.78 is 23.6. The average molecular weight is 649 g/mol. The van der Waals surface area contributed by atoms with Gasteiger partial charge in [0.25, 0.3) is 5.91 Å². The average Bonchev–Trinajstić information content (AvgIpc) is 3.57. The first-order valence-corrected chi connectivity index (χ1v) is 18.9. The van der Waals surface area contributed by atoms with Gasteiger partial charge in [0.1, 0.15) is 13.2 Å². The van der Waals surface area contributed by atoms with Gasteiger partial charge in [0.05, 0.1) is 31.0 Å². The number of amides is 2. The normalized spacial score (nSPS) is 15.2. The minimum absolute atomic E-state index is 0.0222. The highest BCUT2D eigenvalue weighted by atomic mass is 32.1. The van der Waals surface area contributed by atoms with E-state index in [0.717, 1.165) is 5.56 Å². The lowest BCUT2D eigenvalue weighted by Gasteiger charge is -2.41. The number of nitrogens with zero attached hydrogens (tertiary/aromatic N) is 1. The Bertz CT molecular complexity index is 1500. The second-order valence-corrected chi connectivity index (χ2v) is 18.1. The lowest BCUT2D eigenvalue weighted by atomic mass is 9.95. The molecular weight excluding hydrogens is 605 g/mol. The Morgan fingerprint density at radius 1 is 1.13 bits per heavy atom. The van der Waals surface area contributed by atoms with Crippen molar-refractivity contribution in [2.24, 2.45) is 0 Å². The van der Waals surface area contributed by atoms with E-state index in [0.29, 0.717) is 31.1 Å². The molecule has 8 nitrogen and oxygen atoms in total. The van der Waals surface area contributed by atoms with Crippen LogP contribution in [-0.2, 0) is 15.8 Å². The second-order valence-electron chi connectivity index (χ2n) is 12.5. The van der Waals surface area contributed by atoms with Crippen LogP contribution in [0.5, 0.6) is 11.5 Å². The minimum atomic E-state index is -2.10. The first-order valence-electron chi connectivity index (χ1n) is 15.0. The van der Waals surface area contributed by atoms with E-state index in [-0.39, 0.29) is 41.5 Å². The molecule has 240 valence electrons. The molecule has 0 saturated carbocycles. The number of carbonyl (C=O) groups is 2. The van der Waals surface area contributed by atoms with Crippen LogP contribution in [-0.4, -0.2) is 58.1 Å². The van der Waals surface area contributed by atoms with Gasteiger partial charge in [0.15, 0.2) is 19.8 Å². The topological polar surface area (TPSA) is 86.3 Å². The second kappa shape index (κ2) is 14.9. The largest absolute Gasteiger partial charge is 0.493 e. The van der Waals surface area contributed by atoms with Gasteiger partial charge in [-0.2, -0.15) is 11.3 Å². The highest BCUT2D eigenvalue weighted by molar-refractivity contribution is 7.08. The lowest BCUT2D eigenvalue weighted by Crippen LogP contribution is -2.49. The predicted molar refractivity (Wildman–Crippen MR) is 184 cm³/mol. The summed E-state index contributed by atoms with van der Waals surface area (Å²) in [7, 11) is -0.574. The molecule has 1 aliphatic heterocycles. The van der Waals surface area contributed by atoms with Crippen LogP contribution in [0.3, 0.4) is 0 Å². The molecule has 2 heterocycles. The van der Waals surface area contributed by atoms with Crippen molar-refractivity contribution in [3.8, 4) is 11.5 Å². The first-order chi connectivity index (χ1) is 21.4. The van der Waals surface area contributed by atoms with E-state index < -0.39 is 14.4 Å². The van der Waals surface area contributed by atoms with Crippen molar-refractivity contribution in [1.82, 2.24) is 4.90 Å². The van der Waals surface area contributed by atoms with Crippen molar-refractivity contribution in [1.29, 1.82) is 0 Å². The number of hydrogen-bond acceptors (Lipinski definition) is 7. The Morgan fingerprint density at radius 2 is 1.89 bits per heavy atom. The van der Waals surface area contributed by atoms with Crippen molar-refractivity contribution in [3.05, 3.63) is 94.7 Å². The van der Waals surface area contributed by atoms with Crippen molar-refractivity contribution < 1.29 is 28.2 Å². The summed E-state index contributed by atoms with van der Waals surface area (Å²) in [6.07, 6.45) is 3.52. The van der Waals surface area contributed by atoms with Gasteiger partial charge in [0.2, 0.25) is 0 Å². The number of carbonyl (C=O) groups excluding carboxylic acids is 2. The number of anilines is 1. The van der Waals surface area contributed by atoms with Crippen LogP contribution >= 0.6 is 11.3 Å². The Morgan fingerprint density at radius 3 is 2.53 bits per heavy atom. The van der Waals surface area contributed by atoms with Crippen molar-refractivity contribution in [2.75, 3.05) is 32.2 Å². The summed E-state index contributed by atoms with van der Waals surface area (Å²) in [5, 5.41) is 6.96. The van der Waals surface area contributed by atoms with Gasteiger partial charge in [-0.05, 0) is 64.1 Å². The first kappa shape index (κ1) is 34.0. The van der Waals surface area contributed by atoms with E-state index in [1.165, 1.54) is 24.3 Å². The smallest absolute Gasteiger partial charge is 0.411 e. The van der Waals surface area contributed by atoms with Crippen molar-refractivity contribution >= 4 is 42.9 Å². The van der Waals surface area contributed by atoms with E-state index in [2.05, 4.69) is 68.7 Å². The summed E-state index contributed by atoms with van der Waals surface area (Å²) in [5.74, 6) is 0.499. The Hall–Kier alpha value is -3.86. The zero-order chi connectivity index (χ0) is 32.6. The highest BCUT2D eigenvalue weighted by Gasteiger charge is 2.39. The summed E-state index contributed by atoms with van der Waals surface area (Å²) in [6.45, 7) is 15.8. The van der Waals surface area contributed by atoms with Crippen LogP contribution in [0.1, 0.15) is 48.7 Å². The molecule has 0 bridgehead atoms. The van der Waals surface area contributed by atoms with Crippen LogP contribution in [0.15, 0.2) is 78.0 Å². The summed E-state index contributed by atoms with van der Waals surface area (Å²) in [5.41, 5.74) is 3.84. The number of ether oxygens (including phenoxy) is 3. The molecule has 0 unspecified atom stereocenters. The lowest BCUT2D eigenvalue weighted by molar-refractivity contribution is 0.0627. The molecule has 4 rings (SSSR count). The minimum Gasteiger partial charge on any atom is -0.493 e. The van der Waals surface area contributed by atoms with Crippen molar-refractivity contribution in [3.63, 3.8) is 0 Å². The van der Waals surface area contributed by atoms with Gasteiger partial charge >= 0.3 is 6.09 Å². The molecule has 2 aromatic carbocycles. The standard InChI is InChI=1S/C35H44N2O6SSi/c1-8-17-41-34(39)36-30-21-32(42-22-25-12-10-9-11-13-25)31(40-5)20-29(30)33(38)37-16-14-26(27-15-18-44-24-27)19-28(37)23-43-45(6,7)35(2,3)4/h8-15,18,20-21,24,28H,1,16-17,19,22-23H2,2-7H3,(H,36,39)/t28-/m0/s1. The molecule has 0 aliphatic carbocycles. The maximum Gasteiger partial charge on any atom is 0.411 e. The fourth-order valence-corrected chi connectivity index (χ4v) is 6.41. The highest BCUT2D eigenvalue weighted by Crippen LogP contribution is 2.39. The number of rotatable bonds is 12. The number of nitrogens with one attached hydrogen (secondary N) is 1. The predicted octanol–water partition coefficient (Wildman–Crippen LogP) is 8.39. The molecule has 10 heteroatoms. The third-order valence-corrected chi connectivity index (χ3v) is 13.6. The molecule has 0 radical (unpaired) electrons. The molecule has 0 saturated heterocycles. The Labute approximate surface area is 271 Å². The van der Waals surface area contributed by atoms with Gasteiger partial charge in [-0.1, -0.05) is 69.8 Å². The third-order valence-electron chi connectivity index (χ3n) is 8.37. The maximum absolute atomic E-state index is 14.4. The third kappa shape index (κ3) is 8.65. The zero-order valence-electron chi connectivity index (χ0n) is 27.1. The summed E-state index contributed by atoms with van der Waals surface area (Å²) in [6, 6.07) is 14.8.